The number of ether oxygens (including phenoxy) is 1. The lowest BCUT2D eigenvalue weighted by molar-refractivity contribution is -0.248. The van der Waals surface area contributed by atoms with Crippen molar-refractivity contribution in [1.82, 2.24) is 0 Å². The van der Waals surface area contributed by atoms with E-state index in [1.165, 1.54) is 0 Å². The average molecular weight is 162 g/mol. The molecule has 0 bridgehead atoms. The van der Waals surface area contributed by atoms with E-state index in [0.717, 1.165) is 0 Å². The van der Waals surface area contributed by atoms with Crippen molar-refractivity contribution < 1.29 is 24.3 Å². The lowest BCUT2D eigenvalue weighted by Gasteiger charge is -2.11. The second-order valence-electron chi connectivity index (χ2n) is 2.52. The van der Waals surface area contributed by atoms with Crippen molar-refractivity contribution in [2.75, 3.05) is 26.4 Å². The third-order valence-corrected chi connectivity index (χ3v) is 1.57. The predicted octanol–water partition coefficient (Wildman–Crippen LogP) is -0.336. The van der Waals surface area contributed by atoms with Crippen molar-refractivity contribution in [3.8, 4) is 0 Å². The molecule has 5 heteroatoms. The minimum Gasteiger partial charge on any atom is -0.365 e. The van der Waals surface area contributed by atoms with Crippen LogP contribution in [0.5, 0.6) is 0 Å². The van der Waals surface area contributed by atoms with E-state index >= 15 is 0 Å². The number of hydrogen-bond donors (Lipinski definition) is 0. The zero-order valence-electron chi connectivity index (χ0n) is 6.02. The molecule has 0 radical (unpaired) electrons. The Balaban J connectivity index is 1.71. The Morgan fingerprint density at radius 1 is 0.727 bits per heavy atom. The molecule has 2 aliphatic rings. The molecule has 0 aromatic carbocycles. The molecular weight excluding hydrogens is 152 g/mol. The molecule has 64 valence electrons. The van der Waals surface area contributed by atoms with Gasteiger partial charge in [-0.1, -0.05) is 0 Å². The lowest BCUT2D eigenvalue weighted by atomic mass is 10.3. The standard InChI is InChI=1S/C6H10O5/c1-5(2-8-7-1)11-6-3-9-10-4-6/h5-6H,1-4H2. The summed E-state index contributed by atoms with van der Waals surface area (Å²) in [7, 11) is 0. The van der Waals surface area contributed by atoms with Gasteiger partial charge in [0.25, 0.3) is 0 Å². The van der Waals surface area contributed by atoms with Crippen LogP contribution in [0, 0.1) is 0 Å². The molecule has 0 unspecified atom stereocenters. The Bertz CT molecular complexity index is 102. The van der Waals surface area contributed by atoms with Gasteiger partial charge in [-0.25, -0.2) is 19.6 Å². The summed E-state index contributed by atoms with van der Waals surface area (Å²) in [6.45, 7) is 1.99. The van der Waals surface area contributed by atoms with E-state index in [4.69, 9.17) is 4.74 Å². The fourth-order valence-electron chi connectivity index (χ4n) is 1.02. The third kappa shape index (κ3) is 1.88. The topological polar surface area (TPSA) is 46.2 Å². The van der Waals surface area contributed by atoms with E-state index in [0.29, 0.717) is 26.4 Å². The maximum absolute atomic E-state index is 5.47. The van der Waals surface area contributed by atoms with Gasteiger partial charge in [-0.3, -0.25) is 0 Å². The monoisotopic (exact) mass is 162 g/mol. The average Bonchev–Trinajstić information content (AvgIpc) is 2.60. The summed E-state index contributed by atoms with van der Waals surface area (Å²) in [6, 6.07) is 0. The van der Waals surface area contributed by atoms with E-state index < -0.39 is 0 Å². The third-order valence-electron chi connectivity index (χ3n) is 1.57. The van der Waals surface area contributed by atoms with Gasteiger partial charge in [0.05, 0.1) is 0 Å². The van der Waals surface area contributed by atoms with Crippen LogP contribution >= 0.6 is 0 Å². The maximum Gasteiger partial charge on any atom is 0.111 e. The molecular formula is C6H10O5. The summed E-state index contributed by atoms with van der Waals surface area (Å²) in [5.74, 6) is 0. The zero-order chi connectivity index (χ0) is 7.52. The van der Waals surface area contributed by atoms with Crippen molar-refractivity contribution in [2.45, 2.75) is 12.2 Å². The van der Waals surface area contributed by atoms with Crippen LogP contribution in [-0.2, 0) is 24.3 Å². The van der Waals surface area contributed by atoms with Crippen LogP contribution < -0.4 is 0 Å². The number of hydrogen-bond acceptors (Lipinski definition) is 5. The molecule has 5 nitrogen and oxygen atoms in total. The van der Waals surface area contributed by atoms with Crippen LogP contribution in [0.2, 0.25) is 0 Å². The van der Waals surface area contributed by atoms with E-state index in [1.54, 1.807) is 0 Å². The van der Waals surface area contributed by atoms with Crippen molar-refractivity contribution in [3.63, 3.8) is 0 Å². The molecule has 0 atom stereocenters. The molecule has 0 aromatic rings. The first-order chi connectivity index (χ1) is 5.45. The van der Waals surface area contributed by atoms with Gasteiger partial charge >= 0.3 is 0 Å². The Kier molecular flexibility index (Phi) is 2.35. The van der Waals surface area contributed by atoms with Crippen LogP contribution in [0.1, 0.15) is 0 Å². The Morgan fingerprint density at radius 3 is 1.45 bits per heavy atom. The molecule has 2 aliphatic heterocycles. The number of rotatable bonds is 2. The van der Waals surface area contributed by atoms with E-state index in [9.17, 15) is 0 Å². The highest BCUT2D eigenvalue weighted by atomic mass is 17.2. The molecule has 11 heavy (non-hydrogen) atoms. The van der Waals surface area contributed by atoms with E-state index in [2.05, 4.69) is 19.6 Å². The fourth-order valence-corrected chi connectivity index (χ4v) is 1.02. The molecule has 2 heterocycles. The summed E-state index contributed by atoms with van der Waals surface area (Å²) >= 11 is 0. The Morgan fingerprint density at radius 2 is 1.09 bits per heavy atom. The van der Waals surface area contributed by atoms with E-state index in [1.807, 2.05) is 0 Å². The summed E-state index contributed by atoms with van der Waals surface area (Å²) in [5, 5.41) is 0. The first-order valence-corrected chi connectivity index (χ1v) is 3.59. The quantitative estimate of drug-likeness (QED) is 0.520. The van der Waals surface area contributed by atoms with Gasteiger partial charge in [-0.05, 0) is 0 Å². The highest BCUT2D eigenvalue weighted by Crippen LogP contribution is 2.11. The molecule has 0 saturated carbocycles. The largest absolute Gasteiger partial charge is 0.365 e. The van der Waals surface area contributed by atoms with Crippen LogP contribution in [0.4, 0.5) is 0 Å². The molecule has 2 fully saturated rings. The van der Waals surface area contributed by atoms with Gasteiger partial charge in [0.15, 0.2) is 0 Å². The highest BCUT2D eigenvalue weighted by molar-refractivity contribution is 4.64. The SMILES string of the molecule is C1OOCC1OC1COOC1. The summed E-state index contributed by atoms with van der Waals surface area (Å²) < 4.78 is 5.47. The molecule has 0 spiro atoms. The normalized spacial score (nSPS) is 28.4. The van der Waals surface area contributed by atoms with Crippen molar-refractivity contribution in [2.24, 2.45) is 0 Å². The van der Waals surface area contributed by atoms with Gasteiger partial charge < -0.3 is 4.74 Å². The second kappa shape index (κ2) is 3.46. The minimum absolute atomic E-state index is 0.0327. The molecule has 0 amide bonds. The van der Waals surface area contributed by atoms with E-state index in [-0.39, 0.29) is 12.2 Å². The molecule has 0 aromatic heterocycles. The predicted molar refractivity (Wildman–Crippen MR) is 32.5 cm³/mol. The minimum atomic E-state index is 0.0327. The lowest BCUT2D eigenvalue weighted by Crippen LogP contribution is -2.26. The second-order valence-corrected chi connectivity index (χ2v) is 2.52. The molecule has 2 rings (SSSR count). The van der Waals surface area contributed by atoms with Crippen molar-refractivity contribution in [1.29, 1.82) is 0 Å². The summed E-state index contributed by atoms with van der Waals surface area (Å²) in [5.41, 5.74) is 0. The highest BCUT2D eigenvalue weighted by Gasteiger charge is 2.25. The van der Waals surface area contributed by atoms with Crippen LogP contribution in [-0.4, -0.2) is 38.6 Å². The van der Waals surface area contributed by atoms with Gasteiger partial charge in [-0.15, -0.1) is 0 Å². The Labute approximate surface area is 64.0 Å². The van der Waals surface area contributed by atoms with Crippen molar-refractivity contribution in [3.05, 3.63) is 0 Å². The molecule has 0 N–H and O–H groups in total. The first kappa shape index (κ1) is 7.45. The van der Waals surface area contributed by atoms with Crippen LogP contribution in [0.15, 0.2) is 0 Å². The van der Waals surface area contributed by atoms with Gasteiger partial charge in [0.1, 0.15) is 38.6 Å². The molecule has 0 aliphatic carbocycles. The van der Waals surface area contributed by atoms with Crippen LogP contribution in [0.3, 0.4) is 0 Å². The zero-order valence-corrected chi connectivity index (χ0v) is 6.02. The van der Waals surface area contributed by atoms with Crippen LogP contribution in [0.25, 0.3) is 0 Å². The van der Waals surface area contributed by atoms with Gasteiger partial charge in [0, 0.05) is 0 Å². The summed E-state index contributed by atoms with van der Waals surface area (Å²) in [4.78, 5) is 18.6. The van der Waals surface area contributed by atoms with Crippen molar-refractivity contribution >= 4 is 0 Å². The smallest absolute Gasteiger partial charge is 0.111 e. The fraction of sp³-hybridized carbons (Fsp3) is 1.00. The Hall–Kier alpha value is -0.200. The maximum atomic E-state index is 5.47. The molecule has 2 saturated heterocycles. The summed E-state index contributed by atoms with van der Waals surface area (Å²) in [6.07, 6.45) is 0.0654. The first-order valence-electron chi connectivity index (χ1n) is 3.59. The van der Waals surface area contributed by atoms with Gasteiger partial charge in [-0.2, -0.15) is 0 Å². The van der Waals surface area contributed by atoms with Gasteiger partial charge in [0.2, 0.25) is 0 Å².